The lowest BCUT2D eigenvalue weighted by atomic mass is 10.1. The van der Waals surface area contributed by atoms with E-state index in [9.17, 15) is 9.90 Å². The first kappa shape index (κ1) is 15.9. The topological polar surface area (TPSA) is 90.9 Å². The zero-order valence-corrected chi connectivity index (χ0v) is 13.2. The van der Waals surface area contributed by atoms with E-state index in [1.165, 1.54) is 6.07 Å². The molecule has 3 N–H and O–H groups in total. The second-order valence-electron chi connectivity index (χ2n) is 5.46. The first-order chi connectivity index (χ1) is 11.7. The molecule has 0 bridgehead atoms. The van der Waals surface area contributed by atoms with Crippen molar-refractivity contribution < 1.29 is 5.11 Å². The molecule has 1 atom stereocenters. The Kier molecular flexibility index (Phi) is 4.67. The van der Waals surface area contributed by atoms with Gasteiger partial charge in [0, 0.05) is 23.5 Å². The third-order valence-corrected chi connectivity index (χ3v) is 3.61. The second-order valence-corrected chi connectivity index (χ2v) is 5.46. The number of aryl methyl sites for hydroxylation is 1. The quantitative estimate of drug-likeness (QED) is 0.670. The van der Waals surface area contributed by atoms with Crippen LogP contribution in [0.3, 0.4) is 0 Å². The van der Waals surface area contributed by atoms with Gasteiger partial charge in [-0.2, -0.15) is 0 Å². The van der Waals surface area contributed by atoms with Gasteiger partial charge in [0.05, 0.1) is 12.6 Å². The Labute approximate surface area is 139 Å². The molecule has 1 unspecified atom stereocenters. The number of benzene rings is 1. The molecule has 0 saturated heterocycles. The van der Waals surface area contributed by atoms with Crippen LogP contribution < -0.4 is 10.9 Å². The predicted octanol–water partition coefficient (Wildman–Crippen LogP) is 2.29. The summed E-state index contributed by atoms with van der Waals surface area (Å²) >= 11 is 0. The number of nitrogens with one attached hydrogen (secondary N) is 2. The van der Waals surface area contributed by atoms with Crippen LogP contribution in [0.1, 0.15) is 17.3 Å². The number of nitrogens with zero attached hydrogens (tertiary/aromatic N) is 2. The molecule has 24 heavy (non-hydrogen) atoms. The Morgan fingerprint density at radius 1 is 1.21 bits per heavy atom. The summed E-state index contributed by atoms with van der Waals surface area (Å²) in [5.74, 6) is 1.12. The van der Waals surface area contributed by atoms with Crippen LogP contribution in [0.15, 0.2) is 59.5 Å². The van der Waals surface area contributed by atoms with Crippen molar-refractivity contribution in [1.82, 2.24) is 15.0 Å². The smallest absolute Gasteiger partial charge is 0.251 e. The van der Waals surface area contributed by atoms with Crippen molar-refractivity contribution in [3.05, 3.63) is 76.3 Å². The van der Waals surface area contributed by atoms with E-state index in [-0.39, 0.29) is 18.2 Å². The number of H-pyrrole nitrogens is 1. The van der Waals surface area contributed by atoms with Gasteiger partial charge in [-0.25, -0.2) is 9.97 Å². The Balaban J connectivity index is 1.80. The zero-order valence-electron chi connectivity index (χ0n) is 13.2. The van der Waals surface area contributed by atoms with Crippen LogP contribution in [-0.2, 0) is 0 Å². The van der Waals surface area contributed by atoms with Crippen LogP contribution in [0.5, 0.6) is 0 Å². The molecule has 0 aliphatic carbocycles. The summed E-state index contributed by atoms with van der Waals surface area (Å²) in [5, 5.41) is 12.8. The minimum Gasteiger partial charge on any atom is -0.394 e. The number of aliphatic hydroxyl groups excluding tert-OH is 1. The van der Waals surface area contributed by atoms with E-state index in [1.54, 1.807) is 19.2 Å². The molecular formula is C18H18N4O2. The number of aliphatic hydroxyl groups is 1. The molecule has 0 radical (unpaired) electrons. The first-order valence-electron chi connectivity index (χ1n) is 7.62. The van der Waals surface area contributed by atoms with E-state index in [4.69, 9.17) is 0 Å². The van der Waals surface area contributed by atoms with Crippen LogP contribution in [-0.4, -0.2) is 26.7 Å². The molecule has 0 spiro atoms. The highest BCUT2D eigenvalue weighted by molar-refractivity contribution is 5.56. The van der Waals surface area contributed by atoms with Crippen molar-refractivity contribution in [1.29, 1.82) is 0 Å². The fraction of sp³-hybridized carbons (Fsp3) is 0.167. The third-order valence-electron chi connectivity index (χ3n) is 3.61. The van der Waals surface area contributed by atoms with E-state index in [0.29, 0.717) is 17.3 Å². The molecule has 6 nitrogen and oxygen atoms in total. The van der Waals surface area contributed by atoms with Gasteiger partial charge in [-0.15, -0.1) is 0 Å². The molecule has 0 amide bonds. The van der Waals surface area contributed by atoms with Gasteiger partial charge < -0.3 is 15.4 Å². The number of aromatic amines is 1. The maximum Gasteiger partial charge on any atom is 0.251 e. The second kappa shape index (κ2) is 7.06. The molecule has 0 aliphatic rings. The number of anilines is 1. The van der Waals surface area contributed by atoms with Gasteiger partial charge in [-0.3, -0.25) is 4.79 Å². The summed E-state index contributed by atoms with van der Waals surface area (Å²) in [7, 11) is 0. The van der Waals surface area contributed by atoms with Gasteiger partial charge >= 0.3 is 0 Å². The summed E-state index contributed by atoms with van der Waals surface area (Å²) in [4.78, 5) is 22.9. The lowest BCUT2D eigenvalue weighted by Gasteiger charge is -2.17. The van der Waals surface area contributed by atoms with E-state index >= 15 is 0 Å². The van der Waals surface area contributed by atoms with Crippen molar-refractivity contribution >= 4 is 5.82 Å². The molecule has 122 valence electrons. The standard InChI is InChI=1S/C18H18N4O2/c1-12-9-17(24)22-18(20-12)14-7-8-16(19-10-14)21-15(11-23)13-5-3-2-4-6-13/h2-10,15,23H,11H2,1H3,(H,19,21)(H,20,22,24). The van der Waals surface area contributed by atoms with Crippen molar-refractivity contribution in [2.75, 3.05) is 11.9 Å². The van der Waals surface area contributed by atoms with Crippen LogP contribution in [0, 0.1) is 6.92 Å². The van der Waals surface area contributed by atoms with Gasteiger partial charge in [0.15, 0.2) is 0 Å². The minimum absolute atomic E-state index is 0.0415. The average Bonchev–Trinajstić information content (AvgIpc) is 2.60. The molecule has 6 heteroatoms. The summed E-state index contributed by atoms with van der Waals surface area (Å²) in [6.07, 6.45) is 1.64. The summed E-state index contributed by atoms with van der Waals surface area (Å²) in [6, 6.07) is 14.5. The van der Waals surface area contributed by atoms with Gasteiger partial charge in [-0.05, 0) is 24.6 Å². The Hall–Kier alpha value is -2.99. The number of pyridine rings is 1. The summed E-state index contributed by atoms with van der Waals surface area (Å²) < 4.78 is 0. The Bertz CT molecular complexity index is 860. The van der Waals surface area contributed by atoms with Gasteiger partial charge in [0.25, 0.3) is 5.56 Å². The largest absolute Gasteiger partial charge is 0.394 e. The molecule has 3 aromatic rings. The molecular weight excluding hydrogens is 304 g/mol. The number of hydrogen-bond acceptors (Lipinski definition) is 5. The lowest BCUT2D eigenvalue weighted by molar-refractivity contribution is 0.276. The highest BCUT2D eigenvalue weighted by atomic mass is 16.3. The van der Waals surface area contributed by atoms with E-state index < -0.39 is 0 Å². The number of hydrogen-bond donors (Lipinski definition) is 3. The van der Waals surface area contributed by atoms with Crippen molar-refractivity contribution in [2.45, 2.75) is 13.0 Å². The van der Waals surface area contributed by atoms with Crippen LogP contribution in [0.4, 0.5) is 5.82 Å². The lowest BCUT2D eigenvalue weighted by Crippen LogP contribution is -2.15. The Morgan fingerprint density at radius 2 is 2.00 bits per heavy atom. The maximum absolute atomic E-state index is 11.5. The van der Waals surface area contributed by atoms with Gasteiger partial charge in [-0.1, -0.05) is 30.3 Å². The number of aromatic nitrogens is 3. The molecule has 2 heterocycles. The third kappa shape index (κ3) is 3.67. The maximum atomic E-state index is 11.5. The highest BCUT2D eigenvalue weighted by Crippen LogP contribution is 2.20. The minimum atomic E-state index is -0.235. The average molecular weight is 322 g/mol. The molecule has 0 aliphatic heterocycles. The molecule has 1 aromatic carbocycles. The van der Waals surface area contributed by atoms with Crippen molar-refractivity contribution in [3.8, 4) is 11.4 Å². The molecule has 0 fully saturated rings. The molecule has 0 saturated carbocycles. The first-order valence-corrected chi connectivity index (χ1v) is 7.62. The fourth-order valence-corrected chi connectivity index (χ4v) is 2.43. The van der Waals surface area contributed by atoms with E-state index in [0.717, 1.165) is 11.1 Å². The molecule has 2 aromatic heterocycles. The van der Waals surface area contributed by atoms with E-state index in [1.807, 2.05) is 36.4 Å². The van der Waals surface area contributed by atoms with Gasteiger partial charge in [0.1, 0.15) is 11.6 Å². The van der Waals surface area contributed by atoms with Crippen molar-refractivity contribution in [3.63, 3.8) is 0 Å². The zero-order chi connectivity index (χ0) is 16.9. The summed E-state index contributed by atoms with van der Waals surface area (Å²) in [6.45, 7) is 1.73. The molecule has 3 rings (SSSR count). The highest BCUT2D eigenvalue weighted by Gasteiger charge is 2.10. The van der Waals surface area contributed by atoms with Crippen LogP contribution in [0.2, 0.25) is 0 Å². The fourth-order valence-electron chi connectivity index (χ4n) is 2.43. The van der Waals surface area contributed by atoms with Crippen LogP contribution >= 0.6 is 0 Å². The van der Waals surface area contributed by atoms with E-state index in [2.05, 4.69) is 20.3 Å². The van der Waals surface area contributed by atoms with Crippen molar-refractivity contribution in [2.24, 2.45) is 0 Å². The number of rotatable bonds is 5. The normalized spacial score (nSPS) is 11.9. The summed E-state index contributed by atoms with van der Waals surface area (Å²) in [5.41, 5.74) is 2.17. The van der Waals surface area contributed by atoms with Gasteiger partial charge in [0.2, 0.25) is 0 Å². The monoisotopic (exact) mass is 322 g/mol. The Morgan fingerprint density at radius 3 is 2.62 bits per heavy atom. The SMILES string of the molecule is Cc1cc(=O)[nH]c(-c2ccc(NC(CO)c3ccccc3)nc2)n1. The predicted molar refractivity (Wildman–Crippen MR) is 92.7 cm³/mol. The van der Waals surface area contributed by atoms with Crippen LogP contribution in [0.25, 0.3) is 11.4 Å².